The molecule has 0 spiro atoms. The van der Waals surface area contributed by atoms with Gasteiger partial charge >= 0.3 is 11.9 Å². The van der Waals surface area contributed by atoms with Crippen LogP contribution in [-0.2, 0) is 14.3 Å². The first kappa shape index (κ1) is 10.7. The van der Waals surface area contributed by atoms with Crippen LogP contribution in [-0.4, -0.2) is 24.3 Å². The Hall–Kier alpha value is -1.26. The minimum atomic E-state index is -1.40. The molecule has 0 aliphatic heterocycles. The lowest BCUT2D eigenvalue weighted by atomic mass is 10.5. The first-order valence-electron chi connectivity index (χ1n) is 3.52. The number of rotatable bonds is 4. The second-order valence-electron chi connectivity index (χ2n) is 1.77. The Kier molecular flexibility index (Phi) is 4.83. The molecule has 0 aliphatic carbocycles. The molecule has 0 fully saturated rings. The van der Waals surface area contributed by atoms with Gasteiger partial charge in [-0.2, -0.15) is 4.39 Å². The fourth-order valence-corrected chi connectivity index (χ4v) is 0.482. The number of hydrogen-bond donors (Lipinski definition) is 1. The predicted octanol–water partition coefficient (Wildman–Crippen LogP) is 1.28. The van der Waals surface area contributed by atoms with Gasteiger partial charge < -0.3 is 14.6 Å². The molecular formula is C7H11FO4. The van der Waals surface area contributed by atoms with Crippen LogP contribution in [0.3, 0.4) is 0 Å². The van der Waals surface area contributed by atoms with Gasteiger partial charge in [0.2, 0.25) is 0 Å². The molecule has 0 heterocycles. The van der Waals surface area contributed by atoms with Crippen LogP contribution in [0.5, 0.6) is 0 Å². The van der Waals surface area contributed by atoms with Gasteiger partial charge in [-0.1, -0.05) is 0 Å². The number of aliphatic hydroxyl groups excluding tert-OH is 1. The molecule has 12 heavy (non-hydrogen) atoms. The monoisotopic (exact) mass is 178 g/mol. The predicted molar refractivity (Wildman–Crippen MR) is 39.0 cm³/mol. The number of halogens is 1. The van der Waals surface area contributed by atoms with Crippen molar-refractivity contribution in [2.45, 2.75) is 13.8 Å². The first-order valence-corrected chi connectivity index (χ1v) is 3.52. The molecular weight excluding hydrogens is 167 g/mol. The molecule has 1 N–H and O–H groups in total. The summed E-state index contributed by atoms with van der Waals surface area (Å²) in [7, 11) is 0. The third-order valence-corrected chi connectivity index (χ3v) is 0.923. The van der Waals surface area contributed by atoms with Gasteiger partial charge in [0.15, 0.2) is 0 Å². The van der Waals surface area contributed by atoms with Crippen LogP contribution in [0.2, 0.25) is 0 Å². The smallest absolute Gasteiger partial charge is 0.374 e. The van der Waals surface area contributed by atoms with Crippen LogP contribution in [0.15, 0.2) is 11.8 Å². The summed E-state index contributed by atoms with van der Waals surface area (Å²) in [5, 5.41) is 8.70. The van der Waals surface area contributed by atoms with E-state index in [9.17, 15) is 9.18 Å². The van der Waals surface area contributed by atoms with Crippen molar-refractivity contribution >= 4 is 5.97 Å². The van der Waals surface area contributed by atoms with E-state index in [1.807, 2.05) is 0 Å². The van der Waals surface area contributed by atoms with Crippen molar-refractivity contribution < 1.29 is 23.8 Å². The minimum absolute atomic E-state index is 0.0473. The third-order valence-electron chi connectivity index (χ3n) is 0.923. The maximum atomic E-state index is 12.6. The highest BCUT2D eigenvalue weighted by Crippen LogP contribution is 2.06. The van der Waals surface area contributed by atoms with Crippen molar-refractivity contribution in [1.29, 1.82) is 0 Å². The first-order chi connectivity index (χ1) is 5.63. The summed E-state index contributed by atoms with van der Waals surface area (Å²) in [4.78, 5) is 10.6. The van der Waals surface area contributed by atoms with E-state index >= 15 is 0 Å². The molecule has 0 bridgehead atoms. The number of ether oxygens (including phenoxy) is 2. The third kappa shape index (κ3) is 3.23. The van der Waals surface area contributed by atoms with Crippen LogP contribution in [0.1, 0.15) is 13.8 Å². The lowest BCUT2D eigenvalue weighted by Gasteiger charge is -2.02. The fraction of sp³-hybridized carbons (Fsp3) is 0.571. The molecule has 70 valence electrons. The second-order valence-corrected chi connectivity index (χ2v) is 1.77. The van der Waals surface area contributed by atoms with Gasteiger partial charge in [-0.05, 0) is 13.8 Å². The largest absolute Gasteiger partial charge is 0.479 e. The Labute approximate surface area is 69.6 Å². The van der Waals surface area contributed by atoms with Crippen molar-refractivity contribution in [2.24, 2.45) is 0 Å². The van der Waals surface area contributed by atoms with Crippen molar-refractivity contribution in [3.63, 3.8) is 0 Å². The van der Waals surface area contributed by atoms with Crippen molar-refractivity contribution in [1.82, 2.24) is 0 Å². The summed E-state index contributed by atoms with van der Waals surface area (Å²) in [6, 6.07) is 0. The average molecular weight is 178 g/mol. The van der Waals surface area contributed by atoms with Gasteiger partial charge in [0.1, 0.15) is 0 Å². The highest BCUT2D eigenvalue weighted by molar-refractivity contribution is 5.86. The Balaban J connectivity index is 4.22. The molecule has 5 heteroatoms. The van der Waals surface area contributed by atoms with Crippen molar-refractivity contribution in [3.8, 4) is 0 Å². The SMILES string of the molecule is CCOC(=O)C(F)=C(O)OCC. The van der Waals surface area contributed by atoms with E-state index in [1.165, 1.54) is 6.92 Å². The normalized spacial score (nSPS) is 11.9. The Morgan fingerprint density at radius 2 is 1.83 bits per heavy atom. The van der Waals surface area contributed by atoms with E-state index in [0.29, 0.717) is 0 Å². The summed E-state index contributed by atoms with van der Waals surface area (Å²) < 4.78 is 21.2. The van der Waals surface area contributed by atoms with E-state index < -0.39 is 17.7 Å². The van der Waals surface area contributed by atoms with E-state index in [2.05, 4.69) is 9.47 Å². The summed E-state index contributed by atoms with van der Waals surface area (Å²) >= 11 is 0. The molecule has 0 saturated carbocycles. The molecule has 0 unspecified atom stereocenters. The highest BCUT2D eigenvalue weighted by Gasteiger charge is 2.17. The van der Waals surface area contributed by atoms with Gasteiger partial charge in [0.05, 0.1) is 13.2 Å². The molecule has 4 nitrogen and oxygen atoms in total. The molecule has 0 aromatic carbocycles. The van der Waals surface area contributed by atoms with E-state index in [-0.39, 0.29) is 13.2 Å². The highest BCUT2D eigenvalue weighted by atomic mass is 19.1. The lowest BCUT2D eigenvalue weighted by molar-refractivity contribution is -0.141. The Morgan fingerprint density at radius 3 is 2.25 bits per heavy atom. The number of esters is 1. The fourth-order valence-electron chi connectivity index (χ4n) is 0.482. The topological polar surface area (TPSA) is 55.8 Å². The molecule has 0 saturated heterocycles. The van der Waals surface area contributed by atoms with Crippen LogP contribution in [0, 0.1) is 0 Å². The quantitative estimate of drug-likeness (QED) is 0.400. The number of hydrogen-bond acceptors (Lipinski definition) is 4. The summed E-state index contributed by atoms with van der Waals surface area (Å²) in [5.74, 6) is -3.65. The van der Waals surface area contributed by atoms with Crippen LogP contribution in [0.25, 0.3) is 0 Å². The van der Waals surface area contributed by atoms with E-state index in [0.717, 1.165) is 0 Å². The minimum Gasteiger partial charge on any atom is -0.479 e. The standard InChI is InChI=1S/C7H11FO4/c1-3-11-6(9)5(8)7(10)12-4-2/h9H,3-4H2,1-2H3. The summed E-state index contributed by atoms with van der Waals surface area (Å²) in [6.07, 6.45) is 0. The lowest BCUT2D eigenvalue weighted by Crippen LogP contribution is -2.08. The van der Waals surface area contributed by atoms with E-state index in [1.54, 1.807) is 6.92 Å². The van der Waals surface area contributed by atoms with Crippen LogP contribution >= 0.6 is 0 Å². The van der Waals surface area contributed by atoms with Gasteiger partial charge in [0, 0.05) is 0 Å². The summed E-state index contributed by atoms with van der Waals surface area (Å²) in [5.41, 5.74) is 0. The van der Waals surface area contributed by atoms with Crippen LogP contribution in [0.4, 0.5) is 4.39 Å². The van der Waals surface area contributed by atoms with E-state index in [4.69, 9.17) is 5.11 Å². The maximum absolute atomic E-state index is 12.6. The summed E-state index contributed by atoms with van der Waals surface area (Å²) in [6.45, 7) is 3.21. The van der Waals surface area contributed by atoms with Crippen molar-refractivity contribution in [3.05, 3.63) is 11.8 Å². The average Bonchev–Trinajstić information content (AvgIpc) is 2.04. The number of aliphatic hydroxyl groups is 1. The van der Waals surface area contributed by atoms with Crippen LogP contribution < -0.4 is 0 Å². The van der Waals surface area contributed by atoms with Gasteiger partial charge in [0.25, 0.3) is 5.83 Å². The molecule has 0 aromatic rings. The molecule has 0 amide bonds. The number of carbonyl (C=O) groups excluding carboxylic acids is 1. The molecule has 0 rings (SSSR count). The molecule has 0 atom stereocenters. The molecule has 0 radical (unpaired) electrons. The zero-order valence-corrected chi connectivity index (χ0v) is 6.96. The Morgan fingerprint density at radius 1 is 1.33 bits per heavy atom. The second kappa shape index (κ2) is 5.40. The molecule has 0 aromatic heterocycles. The molecule has 0 aliphatic rings. The van der Waals surface area contributed by atoms with Gasteiger partial charge in [-0.25, -0.2) is 4.79 Å². The van der Waals surface area contributed by atoms with Gasteiger partial charge in [-0.15, -0.1) is 0 Å². The van der Waals surface area contributed by atoms with Crippen molar-refractivity contribution in [2.75, 3.05) is 13.2 Å². The Bertz CT molecular complexity index is 188. The zero-order chi connectivity index (χ0) is 9.56. The zero-order valence-electron chi connectivity index (χ0n) is 6.96. The van der Waals surface area contributed by atoms with Gasteiger partial charge in [-0.3, -0.25) is 0 Å². The maximum Gasteiger partial charge on any atom is 0.374 e. The number of carbonyl (C=O) groups is 1.